The van der Waals surface area contributed by atoms with Crippen molar-refractivity contribution in [2.45, 2.75) is 79.7 Å². The molecule has 0 bridgehead atoms. The summed E-state index contributed by atoms with van der Waals surface area (Å²) in [7, 11) is 0. The summed E-state index contributed by atoms with van der Waals surface area (Å²) in [6.45, 7) is 19.3. The van der Waals surface area contributed by atoms with Crippen LogP contribution in [0.15, 0.2) is 0 Å². The third-order valence-corrected chi connectivity index (χ3v) is 5.10. The molecule has 1 heteroatoms. The van der Waals surface area contributed by atoms with Gasteiger partial charge in [0.05, 0.1) is 0 Å². The van der Waals surface area contributed by atoms with Gasteiger partial charge in [0.15, 0.2) is 0 Å². The van der Waals surface area contributed by atoms with Crippen molar-refractivity contribution < 1.29 is 0 Å². The van der Waals surface area contributed by atoms with Crippen molar-refractivity contribution in [2.24, 2.45) is 10.8 Å². The van der Waals surface area contributed by atoms with E-state index in [0.29, 0.717) is 16.4 Å². The predicted molar refractivity (Wildman–Crippen MR) is 77.4 cm³/mol. The van der Waals surface area contributed by atoms with E-state index in [2.05, 4.69) is 53.4 Å². The number of nitrogens with zero attached hydrogens (tertiary/aromatic N) is 1. The summed E-state index contributed by atoms with van der Waals surface area (Å²) in [6, 6.07) is 0. The molecule has 0 N–H and O–H groups in total. The summed E-state index contributed by atoms with van der Waals surface area (Å²) in [5, 5.41) is 0. The number of likely N-dealkylation sites (tertiary alicyclic amines) is 1. The van der Waals surface area contributed by atoms with Crippen LogP contribution in [0.1, 0.15) is 74.1 Å². The lowest BCUT2D eigenvalue weighted by atomic mass is 9.63. The Balaban J connectivity index is 2.76. The Morgan fingerprint density at radius 3 is 1.88 bits per heavy atom. The fourth-order valence-corrected chi connectivity index (χ4v) is 2.86. The van der Waals surface area contributed by atoms with E-state index in [1.165, 1.54) is 38.8 Å². The predicted octanol–water partition coefficient (Wildman–Crippen LogP) is 4.71. The average molecular weight is 239 g/mol. The fraction of sp³-hybridized carbons (Fsp3) is 1.00. The smallest absolute Gasteiger partial charge is 0.0125 e. The molecule has 1 atom stereocenters. The maximum atomic E-state index is 2.68. The molecule has 0 saturated carbocycles. The van der Waals surface area contributed by atoms with Crippen LogP contribution in [0.3, 0.4) is 0 Å². The topological polar surface area (TPSA) is 3.24 Å². The van der Waals surface area contributed by atoms with Gasteiger partial charge in [-0.2, -0.15) is 0 Å². The van der Waals surface area contributed by atoms with E-state index in [4.69, 9.17) is 0 Å². The van der Waals surface area contributed by atoms with Crippen molar-refractivity contribution in [3.63, 3.8) is 0 Å². The third kappa shape index (κ3) is 3.71. The summed E-state index contributed by atoms with van der Waals surface area (Å²) in [5.74, 6) is 0. The van der Waals surface area contributed by atoms with Crippen LogP contribution >= 0.6 is 0 Å². The average Bonchev–Trinajstić information content (AvgIpc) is 2.07. The first-order valence-corrected chi connectivity index (χ1v) is 7.31. The minimum absolute atomic E-state index is 0.329. The Bertz CT molecular complexity index is 243. The van der Waals surface area contributed by atoms with Gasteiger partial charge in [-0.3, -0.25) is 4.90 Å². The second kappa shape index (κ2) is 4.91. The molecule has 0 radical (unpaired) electrons. The molecule has 0 aromatic rings. The van der Waals surface area contributed by atoms with Gasteiger partial charge in [0.2, 0.25) is 0 Å². The van der Waals surface area contributed by atoms with E-state index in [1.807, 2.05) is 0 Å². The summed E-state index contributed by atoms with van der Waals surface area (Å²) >= 11 is 0. The lowest BCUT2D eigenvalue weighted by Gasteiger charge is -2.47. The standard InChI is InChI=1S/C16H33N/c1-14(2,3)16(7)10-8-9-12-17(13-11-16)15(4,5)6/h8-13H2,1-7H3. The highest BCUT2D eigenvalue weighted by molar-refractivity contribution is 4.90. The molecule has 1 aliphatic rings. The zero-order chi connectivity index (χ0) is 13.3. The zero-order valence-electron chi connectivity index (χ0n) is 13.2. The van der Waals surface area contributed by atoms with Gasteiger partial charge in [0.25, 0.3) is 0 Å². The maximum absolute atomic E-state index is 2.68. The lowest BCUT2D eigenvalue weighted by molar-refractivity contribution is 0.0291. The highest BCUT2D eigenvalue weighted by atomic mass is 15.2. The molecule has 0 aromatic carbocycles. The van der Waals surface area contributed by atoms with Crippen LogP contribution in [-0.4, -0.2) is 23.5 Å². The molecule has 0 aliphatic carbocycles. The largest absolute Gasteiger partial charge is 0.298 e. The Kier molecular flexibility index (Phi) is 4.34. The van der Waals surface area contributed by atoms with Crippen LogP contribution < -0.4 is 0 Å². The van der Waals surface area contributed by atoms with Crippen LogP contribution in [0.25, 0.3) is 0 Å². The molecule has 102 valence electrons. The van der Waals surface area contributed by atoms with E-state index >= 15 is 0 Å². The molecule has 1 rings (SSSR count). The van der Waals surface area contributed by atoms with Crippen LogP contribution in [-0.2, 0) is 0 Å². The molecule has 0 spiro atoms. The summed E-state index contributed by atoms with van der Waals surface area (Å²) < 4.78 is 0. The van der Waals surface area contributed by atoms with Crippen molar-refractivity contribution in [1.29, 1.82) is 0 Å². The van der Waals surface area contributed by atoms with Gasteiger partial charge >= 0.3 is 0 Å². The van der Waals surface area contributed by atoms with Gasteiger partial charge in [-0.05, 0) is 64.0 Å². The van der Waals surface area contributed by atoms with Gasteiger partial charge in [-0.25, -0.2) is 0 Å². The van der Waals surface area contributed by atoms with Crippen molar-refractivity contribution in [1.82, 2.24) is 4.90 Å². The first-order chi connectivity index (χ1) is 7.56. The van der Waals surface area contributed by atoms with E-state index in [9.17, 15) is 0 Å². The molecular weight excluding hydrogens is 206 g/mol. The zero-order valence-corrected chi connectivity index (χ0v) is 13.2. The van der Waals surface area contributed by atoms with E-state index in [0.717, 1.165) is 0 Å². The minimum atomic E-state index is 0.329. The molecule has 1 nitrogen and oxygen atoms in total. The van der Waals surface area contributed by atoms with E-state index in [1.54, 1.807) is 0 Å². The maximum Gasteiger partial charge on any atom is 0.0125 e. The van der Waals surface area contributed by atoms with Crippen LogP contribution in [0.5, 0.6) is 0 Å². The summed E-state index contributed by atoms with van der Waals surface area (Å²) in [6.07, 6.45) is 5.49. The molecule has 0 aromatic heterocycles. The second-order valence-electron chi connectivity index (χ2n) is 8.18. The molecular formula is C16H33N. The molecule has 0 amide bonds. The van der Waals surface area contributed by atoms with Crippen molar-refractivity contribution >= 4 is 0 Å². The summed E-state index contributed by atoms with van der Waals surface area (Å²) in [4.78, 5) is 2.68. The first-order valence-electron chi connectivity index (χ1n) is 7.31. The molecule has 1 saturated heterocycles. The van der Waals surface area contributed by atoms with Gasteiger partial charge in [-0.1, -0.05) is 34.1 Å². The molecule has 1 heterocycles. The van der Waals surface area contributed by atoms with E-state index in [-0.39, 0.29) is 0 Å². The normalized spacial score (nSPS) is 29.8. The third-order valence-electron chi connectivity index (χ3n) is 5.10. The van der Waals surface area contributed by atoms with E-state index < -0.39 is 0 Å². The fourth-order valence-electron chi connectivity index (χ4n) is 2.86. The Hall–Kier alpha value is -0.0400. The number of rotatable bonds is 0. The van der Waals surface area contributed by atoms with Crippen LogP contribution in [0, 0.1) is 10.8 Å². The van der Waals surface area contributed by atoms with Gasteiger partial charge < -0.3 is 0 Å². The second-order valence-corrected chi connectivity index (χ2v) is 8.18. The highest BCUT2D eigenvalue weighted by Gasteiger charge is 2.38. The number of hydrogen-bond acceptors (Lipinski definition) is 1. The lowest BCUT2D eigenvalue weighted by Crippen LogP contribution is -2.46. The van der Waals surface area contributed by atoms with Crippen molar-refractivity contribution in [3.05, 3.63) is 0 Å². The first kappa shape index (κ1) is 15.0. The van der Waals surface area contributed by atoms with Gasteiger partial charge in [0, 0.05) is 5.54 Å². The van der Waals surface area contributed by atoms with Crippen molar-refractivity contribution in [3.8, 4) is 0 Å². The molecule has 1 fully saturated rings. The van der Waals surface area contributed by atoms with Gasteiger partial charge in [0.1, 0.15) is 0 Å². The quantitative estimate of drug-likeness (QED) is 0.591. The highest BCUT2D eigenvalue weighted by Crippen LogP contribution is 2.46. The molecule has 1 aliphatic heterocycles. The SMILES string of the molecule is CC(C)(C)N1CCCCC(C)(C(C)(C)C)CC1. The van der Waals surface area contributed by atoms with Crippen molar-refractivity contribution in [2.75, 3.05) is 13.1 Å². The Morgan fingerprint density at radius 1 is 0.824 bits per heavy atom. The molecule has 17 heavy (non-hydrogen) atoms. The van der Waals surface area contributed by atoms with Crippen LogP contribution in [0.4, 0.5) is 0 Å². The number of hydrogen-bond donors (Lipinski definition) is 0. The monoisotopic (exact) mass is 239 g/mol. The summed E-state index contributed by atoms with van der Waals surface area (Å²) in [5.41, 5.74) is 1.25. The Labute approximate surface area is 109 Å². The molecule has 1 unspecified atom stereocenters. The minimum Gasteiger partial charge on any atom is -0.298 e. The van der Waals surface area contributed by atoms with Crippen LogP contribution in [0.2, 0.25) is 0 Å². The Morgan fingerprint density at radius 2 is 1.41 bits per heavy atom. The van der Waals surface area contributed by atoms with Gasteiger partial charge in [-0.15, -0.1) is 0 Å².